The Labute approximate surface area is 117 Å². The highest BCUT2D eigenvalue weighted by atomic mass is 16.2. The predicted octanol–water partition coefficient (Wildman–Crippen LogP) is 1.02. The van der Waals surface area contributed by atoms with Crippen LogP contribution in [0, 0.1) is 0 Å². The quantitative estimate of drug-likeness (QED) is 0.624. The number of H-pyrrole nitrogens is 2. The molecule has 0 unspecified atom stereocenters. The minimum Gasteiger partial charge on any atom is -0.383 e. The second-order valence-corrected chi connectivity index (χ2v) is 4.10. The maximum absolute atomic E-state index is 11.5. The molecule has 9 nitrogen and oxygen atoms in total. The Balaban J connectivity index is 2.24. The molecule has 9 heteroatoms. The first kappa shape index (κ1) is 14.2. The molecule has 21 heavy (non-hydrogen) atoms. The lowest BCUT2D eigenvalue weighted by atomic mass is 10.3. The highest BCUT2D eigenvalue weighted by molar-refractivity contribution is 5.88. The van der Waals surface area contributed by atoms with Crippen molar-refractivity contribution >= 4 is 28.8 Å². The molecule has 0 saturated carbocycles. The minimum absolute atomic E-state index is 0.164. The van der Waals surface area contributed by atoms with Crippen molar-refractivity contribution in [1.82, 2.24) is 9.97 Å². The van der Waals surface area contributed by atoms with Gasteiger partial charge in [0.1, 0.15) is 5.82 Å². The van der Waals surface area contributed by atoms with Crippen molar-refractivity contribution in [3.63, 3.8) is 0 Å². The van der Waals surface area contributed by atoms with Gasteiger partial charge < -0.3 is 11.1 Å². The number of aromatic amines is 2. The lowest BCUT2D eigenvalue weighted by molar-refractivity contribution is -0.114. The largest absolute Gasteiger partial charge is 0.383 e. The number of nitrogens with zero attached hydrogens (tertiary/aromatic N) is 2. The number of nitrogens with two attached hydrogens (primary N) is 1. The maximum atomic E-state index is 11.5. The highest BCUT2D eigenvalue weighted by Gasteiger charge is 2.05. The van der Waals surface area contributed by atoms with Crippen molar-refractivity contribution in [1.29, 1.82) is 0 Å². The summed E-state index contributed by atoms with van der Waals surface area (Å²) >= 11 is 0. The van der Waals surface area contributed by atoms with E-state index in [-0.39, 0.29) is 17.4 Å². The van der Waals surface area contributed by atoms with Gasteiger partial charge in [-0.1, -0.05) is 0 Å². The lowest BCUT2D eigenvalue weighted by Crippen LogP contribution is -2.23. The van der Waals surface area contributed by atoms with Crippen molar-refractivity contribution < 1.29 is 4.79 Å². The highest BCUT2D eigenvalue weighted by Crippen LogP contribution is 2.20. The number of rotatable bonds is 3. The lowest BCUT2D eigenvalue weighted by Gasteiger charge is -2.01. The third-order valence-electron chi connectivity index (χ3n) is 2.40. The molecule has 1 heterocycles. The number of anilines is 2. The third-order valence-corrected chi connectivity index (χ3v) is 2.40. The zero-order chi connectivity index (χ0) is 15.4. The van der Waals surface area contributed by atoms with E-state index in [1.807, 2.05) is 4.98 Å². The van der Waals surface area contributed by atoms with Crippen LogP contribution in [0.3, 0.4) is 0 Å². The van der Waals surface area contributed by atoms with Crippen LogP contribution in [-0.2, 0) is 4.79 Å². The number of azo groups is 1. The van der Waals surface area contributed by atoms with E-state index in [1.165, 1.54) is 6.92 Å². The van der Waals surface area contributed by atoms with E-state index in [1.54, 1.807) is 24.3 Å². The number of hydrogen-bond donors (Lipinski definition) is 4. The predicted molar refractivity (Wildman–Crippen MR) is 77.0 cm³/mol. The van der Waals surface area contributed by atoms with E-state index in [2.05, 4.69) is 20.5 Å². The molecule has 1 aromatic carbocycles. The fourth-order valence-electron chi connectivity index (χ4n) is 1.52. The Morgan fingerprint density at radius 2 is 1.81 bits per heavy atom. The fraction of sp³-hybridized carbons (Fsp3) is 0.0833. The minimum atomic E-state index is -0.727. The van der Waals surface area contributed by atoms with Gasteiger partial charge in [0.15, 0.2) is 5.69 Å². The molecule has 0 aliphatic rings. The van der Waals surface area contributed by atoms with Crippen LogP contribution in [0.1, 0.15) is 6.92 Å². The maximum Gasteiger partial charge on any atom is 0.327 e. The number of carbonyl (C=O) groups is 1. The summed E-state index contributed by atoms with van der Waals surface area (Å²) in [5.41, 5.74) is 4.94. The molecule has 0 bridgehead atoms. The van der Waals surface area contributed by atoms with Gasteiger partial charge in [-0.15, -0.1) is 5.11 Å². The Hall–Kier alpha value is -3.23. The van der Waals surface area contributed by atoms with Gasteiger partial charge in [-0.25, -0.2) is 4.79 Å². The molecular formula is C12H12N6O3. The molecular weight excluding hydrogens is 276 g/mol. The average molecular weight is 288 g/mol. The summed E-state index contributed by atoms with van der Waals surface area (Å²) < 4.78 is 0. The first-order chi connectivity index (χ1) is 9.95. The summed E-state index contributed by atoms with van der Waals surface area (Å²) in [6.45, 7) is 1.40. The van der Waals surface area contributed by atoms with Gasteiger partial charge in [-0.2, -0.15) is 5.11 Å². The average Bonchev–Trinajstić information content (AvgIpc) is 2.38. The zero-order valence-corrected chi connectivity index (χ0v) is 11.0. The molecule has 0 saturated heterocycles. The second-order valence-electron chi connectivity index (χ2n) is 4.10. The number of aromatic nitrogens is 2. The van der Waals surface area contributed by atoms with Crippen LogP contribution in [0.25, 0.3) is 0 Å². The molecule has 1 amide bonds. The van der Waals surface area contributed by atoms with Crippen LogP contribution >= 0.6 is 0 Å². The van der Waals surface area contributed by atoms with Crippen LogP contribution in [0.5, 0.6) is 0 Å². The van der Waals surface area contributed by atoms with E-state index < -0.39 is 11.2 Å². The van der Waals surface area contributed by atoms with Crippen molar-refractivity contribution in [2.75, 3.05) is 11.1 Å². The van der Waals surface area contributed by atoms with Crippen molar-refractivity contribution in [3.8, 4) is 0 Å². The molecule has 0 radical (unpaired) electrons. The van der Waals surface area contributed by atoms with E-state index in [0.717, 1.165) is 0 Å². The molecule has 5 N–H and O–H groups in total. The molecule has 0 spiro atoms. The molecule has 2 rings (SSSR count). The first-order valence-electron chi connectivity index (χ1n) is 5.87. The molecule has 2 aromatic rings. The van der Waals surface area contributed by atoms with Gasteiger partial charge in [0.25, 0.3) is 5.56 Å². The summed E-state index contributed by atoms with van der Waals surface area (Å²) in [6, 6.07) is 6.47. The molecule has 1 aromatic heterocycles. The summed E-state index contributed by atoms with van der Waals surface area (Å²) in [5.74, 6) is -0.348. The normalized spacial score (nSPS) is 10.7. The van der Waals surface area contributed by atoms with Gasteiger partial charge in [0.2, 0.25) is 5.91 Å². The van der Waals surface area contributed by atoms with Crippen molar-refractivity contribution in [3.05, 3.63) is 45.1 Å². The molecule has 108 valence electrons. The van der Waals surface area contributed by atoms with Gasteiger partial charge in [-0.3, -0.25) is 19.6 Å². The van der Waals surface area contributed by atoms with Crippen LogP contribution in [0.4, 0.5) is 22.9 Å². The molecule has 0 aliphatic carbocycles. The Morgan fingerprint density at radius 1 is 1.14 bits per heavy atom. The standard InChI is InChI=1S/C12H12N6O3/c1-6(19)14-7-2-4-8(5-3-7)17-18-9-10(13)15-12(21)16-11(9)20/h2-5H,1H3,(H,14,19)(H4,13,15,16,20,21). The molecule has 0 fully saturated rings. The monoisotopic (exact) mass is 288 g/mol. The van der Waals surface area contributed by atoms with Crippen LogP contribution in [0.2, 0.25) is 0 Å². The van der Waals surface area contributed by atoms with Crippen LogP contribution in [0.15, 0.2) is 44.1 Å². The van der Waals surface area contributed by atoms with E-state index in [9.17, 15) is 14.4 Å². The molecule has 0 atom stereocenters. The van der Waals surface area contributed by atoms with Gasteiger partial charge in [0, 0.05) is 12.6 Å². The van der Waals surface area contributed by atoms with E-state index in [0.29, 0.717) is 11.4 Å². The Morgan fingerprint density at radius 3 is 2.38 bits per heavy atom. The fourth-order valence-corrected chi connectivity index (χ4v) is 1.52. The van der Waals surface area contributed by atoms with Crippen molar-refractivity contribution in [2.45, 2.75) is 6.92 Å². The van der Waals surface area contributed by atoms with Gasteiger partial charge >= 0.3 is 5.69 Å². The topological polar surface area (TPSA) is 146 Å². The zero-order valence-electron chi connectivity index (χ0n) is 11.0. The number of hydrogen-bond acceptors (Lipinski definition) is 6. The summed E-state index contributed by atoms with van der Waals surface area (Å²) in [6.07, 6.45) is 0. The Kier molecular flexibility index (Phi) is 3.93. The van der Waals surface area contributed by atoms with E-state index >= 15 is 0 Å². The SMILES string of the molecule is CC(=O)Nc1ccc(N=Nc2c(N)[nH]c(=O)[nH]c2=O)cc1. The van der Waals surface area contributed by atoms with E-state index in [4.69, 9.17) is 5.73 Å². The van der Waals surface area contributed by atoms with Gasteiger partial charge in [0.05, 0.1) is 5.69 Å². The number of nitrogens with one attached hydrogen (secondary N) is 3. The van der Waals surface area contributed by atoms with Crippen LogP contribution in [-0.4, -0.2) is 15.9 Å². The second kappa shape index (κ2) is 5.82. The summed E-state index contributed by atoms with van der Waals surface area (Å²) in [5, 5.41) is 10.1. The Bertz CT molecular complexity index is 803. The number of carbonyl (C=O) groups excluding carboxylic acids is 1. The van der Waals surface area contributed by atoms with Crippen LogP contribution < -0.4 is 22.3 Å². The van der Waals surface area contributed by atoms with Gasteiger partial charge in [-0.05, 0) is 24.3 Å². The van der Waals surface area contributed by atoms with Crippen molar-refractivity contribution in [2.24, 2.45) is 10.2 Å². The number of amides is 1. The first-order valence-corrected chi connectivity index (χ1v) is 5.87. The molecule has 0 aliphatic heterocycles. The number of benzene rings is 1. The smallest absolute Gasteiger partial charge is 0.327 e. The number of nitrogen functional groups attached to an aromatic ring is 1. The third kappa shape index (κ3) is 3.62. The summed E-state index contributed by atoms with van der Waals surface area (Å²) in [7, 11) is 0. The summed E-state index contributed by atoms with van der Waals surface area (Å²) in [4.78, 5) is 37.6.